The van der Waals surface area contributed by atoms with E-state index in [2.05, 4.69) is 86.3 Å². The highest BCUT2D eigenvalue weighted by molar-refractivity contribution is 5.75. The Hall–Kier alpha value is -1.81. The molecule has 0 fully saturated rings. The van der Waals surface area contributed by atoms with Gasteiger partial charge >= 0.3 is 0 Å². The molecule has 0 saturated carbocycles. The molecule has 4 atom stereocenters. The molecule has 0 radical (unpaired) electrons. The van der Waals surface area contributed by atoms with E-state index >= 15 is 0 Å². The molecule has 0 aromatic carbocycles. The van der Waals surface area contributed by atoms with Crippen molar-refractivity contribution in [1.82, 2.24) is 4.90 Å². The molecule has 0 amide bonds. The lowest BCUT2D eigenvalue weighted by Gasteiger charge is -2.25. The predicted molar refractivity (Wildman–Crippen MR) is 217 cm³/mol. The van der Waals surface area contributed by atoms with Crippen LogP contribution in [-0.2, 0) is 0 Å². The van der Waals surface area contributed by atoms with Crippen LogP contribution < -0.4 is 11.5 Å². The molecule has 0 bridgehead atoms. The summed E-state index contributed by atoms with van der Waals surface area (Å²) in [5.41, 5.74) is 11.1. The quantitative estimate of drug-likeness (QED) is 0.168. The van der Waals surface area contributed by atoms with Crippen molar-refractivity contribution in [3.63, 3.8) is 0 Å². The number of hydrogen-bond donors (Lipinski definition) is 2. The molecule has 0 aromatic heterocycles. The van der Waals surface area contributed by atoms with Crippen molar-refractivity contribution in [1.29, 1.82) is 0 Å². The fraction of sp³-hybridized carbons (Fsp3) is 0.795. The van der Waals surface area contributed by atoms with Crippen LogP contribution in [0.1, 0.15) is 175 Å². The van der Waals surface area contributed by atoms with Crippen molar-refractivity contribution < 1.29 is 0 Å². The molecule has 1 aliphatic rings. The van der Waals surface area contributed by atoms with Gasteiger partial charge in [-0.3, -0.25) is 4.99 Å². The molecule has 0 saturated heterocycles. The van der Waals surface area contributed by atoms with Gasteiger partial charge in [-0.05, 0) is 108 Å². The minimum atomic E-state index is 0.202. The first kappa shape index (κ1) is 44.2. The fourth-order valence-corrected chi connectivity index (χ4v) is 7.39. The van der Waals surface area contributed by atoms with Crippen molar-refractivity contribution in [3.05, 3.63) is 48.6 Å². The number of nitrogens with zero attached hydrogens (tertiary/aromatic N) is 2. The molecule has 1 rings (SSSR count). The van der Waals surface area contributed by atoms with Crippen LogP contribution in [0.5, 0.6) is 0 Å². The number of rotatable bonds is 6. The zero-order valence-corrected chi connectivity index (χ0v) is 32.6. The molecule has 3 unspecified atom stereocenters. The summed E-state index contributed by atoms with van der Waals surface area (Å²) in [6.07, 6.45) is 50.9. The maximum absolute atomic E-state index is 5.55. The van der Waals surface area contributed by atoms with E-state index in [4.69, 9.17) is 11.5 Å². The van der Waals surface area contributed by atoms with E-state index in [9.17, 15) is 0 Å². The molecule has 0 aliphatic heterocycles. The lowest BCUT2D eigenvalue weighted by Crippen LogP contribution is -2.30. The largest absolute Gasteiger partial charge is 0.370 e. The van der Waals surface area contributed by atoms with E-state index in [-0.39, 0.29) is 5.96 Å². The Bertz CT molecular complexity index is 852. The smallest absolute Gasteiger partial charge is 0.185 e. The first-order valence-electron chi connectivity index (χ1n) is 20.8. The molecular formula is C44H82N4. The first-order valence-corrected chi connectivity index (χ1v) is 20.8. The fourth-order valence-electron chi connectivity index (χ4n) is 7.39. The van der Waals surface area contributed by atoms with Crippen LogP contribution in [0.15, 0.2) is 53.6 Å². The van der Waals surface area contributed by atoms with Gasteiger partial charge in [0, 0.05) is 13.1 Å². The number of aliphatic imine (C=N–C) groups is 1. The second kappa shape index (κ2) is 32.4. The maximum atomic E-state index is 5.55. The average Bonchev–Trinajstić information content (AvgIpc) is 3.06. The summed E-state index contributed by atoms with van der Waals surface area (Å²) in [6.45, 7) is 10.1. The summed E-state index contributed by atoms with van der Waals surface area (Å²) < 4.78 is 0. The predicted octanol–water partition coefficient (Wildman–Crippen LogP) is 12.3. The molecule has 48 heavy (non-hydrogen) atoms. The minimum absolute atomic E-state index is 0.202. The van der Waals surface area contributed by atoms with Crippen LogP contribution >= 0.6 is 0 Å². The van der Waals surface area contributed by atoms with E-state index in [0.29, 0.717) is 6.54 Å². The van der Waals surface area contributed by atoms with Crippen LogP contribution in [0.4, 0.5) is 0 Å². The highest BCUT2D eigenvalue weighted by Crippen LogP contribution is 2.26. The summed E-state index contributed by atoms with van der Waals surface area (Å²) in [5.74, 6) is 3.52. The van der Waals surface area contributed by atoms with Gasteiger partial charge in [0.2, 0.25) is 0 Å². The van der Waals surface area contributed by atoms with E-state index < -0.39 is 0 Å². The van der Waals surface area contributed by atoms with E-state index in [1.807, 2.05) is 0 Å². The SMILES string of the molecule is CCC1CCC=CCC=CCCCCCCCCC(CN(C)CCN=C(N)N)CC[C@H](C)CCCCCCC=CCC=CCCCC1C. The third kappa shape index (κ3) is 28.1. The summed E-state index contributed by atoms with van der Waals surface area (Å²) in [5, 5.41) is 0. The van der Waals surface area contributed by atoms with Crippen molar-refractivity contribution in [2.24, 2.45) is 40.1 Å². The van der Waals surface area contributed by atoms with Gasteiger partial charge in [-0.1, -0.05) is 146 Å². The van der Waals surface area contributed by atoms with E-state index in [1.165, 1.54) is 141 Å². The number of likely N-dealkylation sites (N-methyl/N-ethyl adjacent to an activating group) is 1. The lowest BCUT2D eigenvalue weighted by molar-refractivity contribution is 0.247. The summed E-state index contributed by atoms with van der Waals surface area (Å²) >= 11 is 0. The van der Waals surface area contributed by atoms with E-state index in [0.717, 1.165) is 49.6 Å². The zero-order valence-electron chi connectivity index (χ0n) is 32.6. The standard InChI is InChI=1S/C44H82N4/c1-5-43-34-30-26-22-18-14-8-6-7-13-17-21-25-29-33-42(39-48(4)38-37-47-44(45)46)36-35-40(2)31-27-23-19-15-11-9-10-12-16-20-24-28-32-41(43)3/h8-10,14,16,20,22,26,40-43H,5-7,11-13,15,17-19,21,23-25,27-39H2,1-4H3,(H4,45,46,47)/t40-,41?,42?,43?/m1/s1. The summed E-state index contributed by atoms with van der Waals surface area (Å²) in [4.78, 5) is 6.64. The highest BCUT2D eigenvalue weighted by Gasteiger charge is 2.15. The van der Waals surface area contributed by atoms with Crippen LogP contribution in [0.25, 0.3) is 0 Å². The Morgan fingerprint density at radius 3 is 1.75 bits per heavy atom. The van der Waals surface area contributed by atoms with Gasteiger partial charge in [0.25, 0.3) is 0 Å². The minimum Gasteiger partial charge on any atom is -0.370 e. The Morgan fingerprint density at radius 2 is 1.15 bits per heavy atom. The molecule has 4 nitrogen and oxygen atoms in total. The lowest BCUT2D eigenvalue weighted by atomic mass is 9.84. The number of nitrogens with two attached hydrogens (primary N) is 2. The van der Waals surface area contributed by atoms with Crippen molar-refractivity contribution >= 4 is 5.96 Å². The van der Waals surface area contributed by atoms with Crippen LogP contribution in [0.2, 0.25) is 0 Å². The molecular weight excluding hydrogens is 585 g/mol. The highest BCUT2D eigenvalue weighted by atomic mass is 15.1. The van der Waals surface area contributed by atoms with Crippen molar-refractivity contribution in [3.8, 4) is 0 Å². The maximum Gasteiger partial charge on any atom is 0.185 e. The summed E-state index contributed by atoms with van der Waals surface area (Å²) in [6, 6.07) is 0. The second-order valence-corrected chi connectivity index (χ2v) is 15.3. The van der Waals surface area contributed by atoms with Gasteiger partial charge in [0.1, 0.15) is 0 Å². The molecule has 278 valence electrons. The van der Waals surface area contributed by atoms with Crippen molar-refractivity contribution in [2.75, 3.05) is 26.7 Å². The Morgan fingerprint density at radius 1 is 0.604 bits per heavy atom. The van der Waals surface area contributed by atoms with Gasteiger partial charge in [-0.2, -0.15) is 0 Å². The number of allylic oxidation sites excluding steroid dienone is 8. The molecule has 0 aromatic rings. The summed E-state index contributed by atoms with van der Waals surface area (Å²) in [7, 11) is 2.23. The Balaban J connectivity index is 2.55. The zero-order chi connectivity index (χ0) is 34.9. The monoisotopic (exact) mass is 667 g/mol. The molecule has 4 heteroatoms. The van der Waals surface area contributed by atoms with Crippen LogP contribution in [-0.4, -0.2) is 37.5 Å². The third-order valence-electron chi connectivity index (χ3n) is 10.7. The van der Waals surface area contributed by atoms with Gasteiger partial charge in [-0.15, -0.1) is 0 Å². The average molecular weight is 667 g/mol. The third-order valence-corrected chi connectivity index (χ3v) is 10.7. The van der Waals surface area contributed by atoms with E-state index in [1.54, 1.807) is 0 Å². The molecule has 0 heterocycles. The first-order chi connectivity index (χ1) is 23.4. The van der Waals surface area contributed by atoms with Gasteiger partial charge in [-0.25, -0.2) is 0 Å². The molecule has 0 spiro atoms. The van der Waals surface area contributed by atoms with Gasteiger partial charge in [0.05, 0.1) is 6.54 Å². The number of hydrogen-bond acceptors (Lipinski definition) is 2. The molecule has 1 aliphatic carbocycles. The van der Waals surface area contributed by atoms with Crippen molar-refractivity contribution in [2.45, 2.75) is 175 Å². The second-order valence-electron chi connectivity index (χ2n) is 15.3. The Labute approximate surface area is 300 Å². The molecule has 4 N–H and O–H groups in total. The number of guanidine groups is 1. The van der Waals surface area contributed by atoms with Gasteiger partial charge < -0.3 is 16.4 Å². The normalized spacial score (nSPS) is 25.6. The van der Waals surface area contributed by atoms with Crippen LogP contribution in [0.3, 0.4) is 0 Å². The topological polar surface area (TPSA) is 67.6 Å². The van der Waals surface area contributed by atoms with Gasteiger partial charge in [0.15, 0.2) is 5.96 Å². The Kier molecular flexibility index (Phi) is 29.8. The van der Waals surface area contributed by atoms with Crippen LogP contribution in [0, 0.1) is 23.7 Å².